The van der Waals surface area contributed by atoms with Crippen molar-refractivity contribution in [2.45, 2.75) is 45.3 Å². The normalized spacial score (nSPS) is 15.7. The van der Waals surface area contributed by atoms with Crippen molar-refractivity contribution in [1.29, 1.82) is 0 Å². The van der Waals surface area contributed by atoms with E-state index in [0.717, 1.165) is 24.5 Å². The minimum Gasteiger partial charge on any atom is -0.404 e. The summed E-state index contributed by atoms with van der Waals surface area (Å²) >= 11 is 0. The Bertz CT molecular complexity index is 1450. The molecular formula is C27H29F2N5O2. The summed E-state index contributed by atoms with van der Waals surface area (Å²) in [6.07, 6.45) is 7.21. The summed E-state index contributed by atoms with van der Waals surface area (Å²) in [5, 5.41) is 0. The fourth-order valence-electron chi connectivity index (χ4n) is 3.91. The second-order valence-electron chi connectivity index (χ2n) is 8.78. The lowest BCUT2D eigenvalue weighted by atomic mass is 9.98. The van der Waals surface area contributed by atoms with Crippen molar-refractivity contribution in [2.24, 2.45) is 17.8 Å². The number of fused-ring (bicyclic) bond motifs is 1. The number of benzene rings is 1. The van der Waals surface area contributed by atoms with E-state index in [1.165, 1.54) is 22.9 Å². The molecule has 1 aromatic carbocycles. The molecule has 1 atom stereocenters. The summed E-state index contributed by atoms with van der Waals surface area (Å²) in [4.78, 5) is 26.8. The van der Waals surface area contributed by atoms with E-state index < -0.39 is 17.7 Å². The first-order valence-electron chi connectivity index (χ1n) is 11.8. The smallest absolute Gasteiger partial charge is 0.279 e. The molecule has 0 radical (unpaired) electrons. The molecule has 188 valence electrons. The van der Waals surface area contributed by atoms with Crippen LogP contribution in [0.3, 0.4) is 0 Å². The van der Waals surface area contributed by atoms with E-state index in [-0.39, 0.29) is 22.2 Å². The minimum absolute atomic E-state index is 0.0949. The molecule has 2 N–H and O–H groups in total. The maximum atomic E-state index is 14.9. The molecule has 2 heterocycles. The second kappa shape index (κ2) is 10.5. The first-order valence-corrected chi connectivity index (χ1v) is 11.8. The number of aromatic nitrogens is 3. The molecule has 0 saturated heterocycles. The molecule has 4 rings (SSSR count). The van der Waals surface area contributed by atoms with Gasteiger partial charge in [0.1, 0.15) is 29.1 Å². The fourth-order valence-corrected chi connectivity index (χ4v) is 3.91. The maximum Gasteiger partial charge on any atom is 0.279 e. The summed E-state index contributed by atoms with van der Waals surface area (Å²) < 4.78 is 35.6. The van der Waals surface area contributed by atoms with Gasteiger partial charge in [-0.05, 0) is 56.0 Å². The number of hydrogen-bond donors (Lipinski definition) is 1. The van der Waals surface area contributed by atoms with Crippen molar-refractivity contribution in [1.82, 2.24) is 14.5 Å². The molecular weight excluding hydrogens is 464 g/mol. The van der Waals surface area contributed by atoms with Crippen LogP contribution in [0.25, 0.3) is 27.7 Å². The van der Waals surface area contributed by atoms with Crippen LogP contribution in [0.15, 0.2) is 51.9 Å². The molecule has 36 heavy (non-hydrogen) atoms. The van der Waals surface area contributed by atoms with E-state index in [0.29, 0.717) is 35.1 Å². The Balaban J connectivity index is 1.92. The van der Waals surface area contributed by atoms with E-state index in [4.69, 9.17) is 10.5 Å². The van der Waals surface area contributed by atoms with Gasteiger partial charge >= 0.3 is 0 Å². The SMILES string of the molecule is CC/C(=C\C(OC)/C(C=NC1CC1)=C/N)c1cc(-c2ccc(F)cc2F)c2nc(C)n(C)c(=O)c2n1. The number of pyridine rings is 1. The Morgan fingerprint density at radius 1 is 1.25 bits per heavy atom. The number of nitrogens with two attached hydrogens (primary N) is 1. The van der Waals surface area contributed by atoms with Crippen LogP contribution in [0.2, 0.25) is 0 Å². The molecule has 1 aliphatic carbocycles. The minimum atomic E-state index is -0.755. The van der Waals surface area contributed by atoms with Crippen LogP contribution >= 0.6 is 0 Å². The third-order valence-corrected chi connectivity index (χ3v) is 6.30. The van der Waals surface area contributed by atoms with Gasteiger partial charge in [0, 0.05) is 49.3 Å². The largest absolute Gasteiger partial charge is 0.404 e. The fraction of sp³-hybridized carbons (Fsp3) is 0.333. The molecule has 0 aliphatic heterocycles. The lowest BCUT2D eigenvalue weighted by Gasteiger charge is -2.16. The lowest BCUT2D eigenvalue weighted by Crippen LogP contribution is -2.22. The Morgan fingerprint density at radius 3 is 2.61 bits per heavy atom. The van der Waals surface area contributed by atoms with Gasteiger partial charge in [-0.1, -0.05) is 6.92 Å². The average Bonchev–Trinajstić information content (AvgIpc) is 3.69. The highest BCUT2D eigenvalue weighted by Crippen LogP contribution is 2.32. The molecule has 1 unspecified atom stereocenters. The van der Waals surface area contributed by atoms with Gasteiger partial charge in [-0.3, -0.25) is 14.4 Å². The number of halogens is 2. The van der Waals surface area contributed by atoms with Crippen molar-refractivity contribution in [2.75, 3.05) is 7.11 Å². The third-order valence-electron chi connectivity index (χ3n) is 6.30. The molecule has 3 aromatic rings. The van der Waals surface area contributed by atoms with E-state index in [1.807, 2.05) is 13.0 Å². The highest BCUT2D eigenvalue weighted by atomic mass is 19.1. The first-order chi connectivity index (χ1) is 17.3. The van der Waals surface area contributed by atoms with E-state index in [1.54, 1.807) is 33.4 Å². The second-order valence-corrected chi connectivity index (χ2v) is 8.78. The number of methoxy groups -OCH3 is 1. The topological polar surface area (TPSA) is 95.4 Å². The predicted octanol–water partition coefficient (Wildman–Crippen LogP) is 4.47. The number of aryl methyl sites for hydroxylation is 1. The number of ether oxygens (including phenoxy) is 1. The molecule has 0 spiro atoms. The zero-order valence-electron chi connectivity index (χ0n) is 20.8. The van der Waals surface area contributed by atoms with Crippen molar-refractivity contribution < 1.29 is 13.5 Å². The molecule has 2 aromatic heterocycles. The number of nitrogens with zero attached hydrogens (tertiary/aromatic N) is 4. The van der Waals surface area contributed by atoms with E-state index >= 15 is 0 Å². The zero-order chi connectivity index (χ0) is 26.0. The van der Waals surface area contributed by atoms with Crippen LogP contribution < -0.4 is 11.3 Å². The standard InChI is InChI=1S/C27H29F2N5O2/c1-5-16(10-24(36-4)17(13-30)14-31-19-7-8-19)23-12-21(20-9-6-18(28)11-22(20)29)25-26(33-23)27(35)34(3)15(2)32-25/h6,9-14,19,24H,5,7-8,30H2,1-4H3/b16-10+,17-13+,31-14?. The number of rotatable bonds is 8. The summed E-state index contributed by atoms with van der Waals surface area (Å²) in [7, 11) is 3.17. The molecule has 9 heteroatoms. The third kappa shape index (κ3) is 5.11. The summed E-state index contributed by atoms with van der Waals surface area (Å²) in [6.45, 7) is 3.63. The Labute approximate surface area is 208 Å². The van der Waals surface area contributed by atoms with Crippen LogP contribution in [0.4, 0.5) is 8.78 Å². The number of allylic oxidation sites excluding steroid dienone is 1. The van der Waals surface area contributed by atoms with E-state index in [9.17, 15) is 13.6 Å². The van der Waals surface area contributed by atoms with E-state index in [2.05, 4.69) is 15.0 Å². The number of aliphatic imine (C=N–C) groups is 1. The monoisotopic (exact) mass is 493 g/mol. The average molecular weight is 494 g/mol. The quantitative estimate of drug-likeness (QED) is 0.468. The molecule has 7 nitrogen and oxygen atoms in total. The van der Waals surface area contributed by atoms with Crippen LogP contribution in [-0.2, 0) is 11.8 Å². The van der Waals surface area contributed by atoms with Crippen LogP contribution in [0.5, 0.6) is 0 Å². The van der Waals surface area contributed by atoms with Crippen molar-refractivity contribution in [3.63, 3.8) is 0 Å². The van der Waals surface area contributed by atoms with Crippen LogP contribution in [0.1, 0.15) is 37.7 Å². The van der Waals surface area contributed by atoms with Crippen molar-refractivity contribution >= 4 is 22.8 Å². The zero-order valence-corrected chi connectivity index (χ0v) is 20.8. The Hall–Kier alpha value is -3.72. The molecule has 1 aliphatic rings. The lowest BCUT2D eigenvalue weighted by molar-refractivity contribution is 0.173. The van der Waals surface area contributed by atoms with Crippen molar-refractivity contribution in [3.05, 3.63) is 75.6 Å². The van der Waals surface area contributed by atoms with Crippen LogP contribution in [-0.4, -0.2) is 40.0 Å². The summed E-state index contributed by atoms with van der Waals surface area (Å²) in [5.41, 5.74) is 8.24. The Morgan fingerprint density at radius 2 is 2.00 bits per heavy atom. The molecule has 1 fully saturated rings. The predicted molar refractivity (Wildman–Crippen MR) is 138 cm³/mol. The van der Waals surface area contributed by atoms with Crippen LogP contribution in [0, 0.1) is 18.6 Å². The highest BCUT2D eigenvalue weighted by molar-refractivity contribution is 5.93. The van der Waals surface area contributed by atoms with Gasteiger partial charge in [-0.15, -0.1) is 0 Å². The van der Waals surface area contributed by atoms with Gasteiger partial charge in [0.05, 0.1) is 11.7 Å². The maximum absolute atomic E-state index is 14.9. The number of hydrogen-bond acceptors (Lipinski definition) is 6. The van der Waals surface area contributed by atoms with Gasteiger partial charge in [0.15, 0.2) is 5.52 Å². The van der Waals surface area contributed by atoms with Gasteiger partial charge in [-0.2, -0.15) is 0 Å². The van der Waals surface area contributed by atoms with Gasteiger partial charge in [0.25, 0.3) is 5.56 Å². The Kier molecular flexibility index (Phi) is 7.40. The summed E-state index contributed by atoms with van der Waals surface area (Å²) in [5.74, 6) is -1.000. The molecule has 1 saturated carbocycles. The first kappa shape index (κ1) is 25.4. The molecule has 0 amide bonds. The van der Waals surface area contributed by atoms with Gasteiger partial charge in [-0.25, -0.2) is 18.7 Å². The molecule has 0 bridgehead atoms. The van der Waals surface area contributed by atoms with Gasteiger partial charge < -0.3 is 10.5 Å². The van der Waals surface area contributed by atoms with Crippen molar-refractivity contribution in [3.8, 4) is 11.1 Å². The summed E-state index contributed by atoms with van der Waals surface area (Å²) in [6, 6.07) is 5.33. The van der Waals surface area contributed by atoms with Gasteiger partial charge in [0.2, 0.25) is 0 Å². The highest BCUT2D eigenvalue weighted by Gasteiger charge is 2.21.